The first kappa shape index (κ1) is 29.3. The van der Waals surface area contributed by atoms with E-state index in [2.05, 4.69) is 62.3 Å². The van der Waals surface area contributed by atoms with Gasteiger partial charge in [-0.2, -0.15) is 0 Å². The molecule has 3 rings (SSSR count). The Balaban J connectivity index is 1.79. The van der Waals surface area contributed by atoms with Gasteiger partial charge in [0.15, 0.2) is 18.9 Å². The van der Waals surface area contributed by atoms with Crippen molar-refractivity contribution in [1.82, 2.24) is 0 Å². The van der Waals surface area contributed by atoms with E-state index in [4.69, 9.17) is 28.4 Å². The van der Waals surface area contributed by atoms with Crippen LogP contribution in [0.2, 0.25) is 0 Å². The van der Waals surface area contributed by atoms with Crippen molar-refractivity contribution in [3.8, 4) is 0 Å². The Kier molecular flexibility index (Phi) is 10.5. The van der Waals surface area contributed by atoms with Crippen LogP contribution in [0.4, 0.5) is 0 Å². The molecule has 3 heterocycles. The Hall–Kier alpha value is -0.280. The number of hydrogen-bond acceptors (Lipinski definition) is 7. The summed E-state index contributed by atoms with van der Waals surface area (Å²) in [6, 6.07) is 0. The highest BCUT2D eigenvalue weighted by Gasteiger charge is 2.50. The van der Waals surface area contributed by atoms with Crippen LogP contribution in [0.25, 0.3) is 0 Å². The summed E-state index contributed by atoms with van der Waals surface area (Å²) >= 11 is 0. The van der Waals surface area contributed by atoms with Gasteiger partial charge in [0.1, 0.15) is 6.10 Å². The summed E-state index contributed by atoms with van der Waals surface area (Å²) < 4.78 is 38.1. The Morgan fingerprint density at radius 1 is 0.543 bits per heavy atom. The average molecular weight is 501 g/mol. The zero-order valence-electron chi connectivity index (χ0n) is 23.7. The van der Waals surface area contributed by atoms with E-state index in [1.165, 1.54) is 0 Å². The molecule has 0 saturated carbocycles. The number of rotatable bonds is 8. The van der Waals surface area contributed by atoms with Crippen molar-refractivity contribution in [3.05, 3.63) is 0 Å². The van der Waals surface area contributed by atoms with Gasteiger partial charge < -0.3 is 33.5 Å². The third kappa shape index (κ3) is 5.92. The molecule has 15 atom stereocenters. The molecule has 1 N–H and O–H groups in total. The quantitative estimate of drug-likeness (QED) is 0.503. The van der Waals surface area contributed by atoms with Gasteiger partial charge in [-0.3, -0.25) is 0 Å². The molecule has 35 heavy (non-hydrogen) atoms. The SMILES string of the molecule is CCC1O[C@H](O[C@@H]2C(C)[C@@H](O[C@@H]3C(C)[C@@H](OC)OC(CC)[C@H]3C)OC(CC)[C@H]2C)C(O)[C@@H](C)[C@@H]1C. The van der Waals surface area contributed by atoms with Crippen LogP contribution in [0.15, 0.2) is 0 Å². The predicted octanol–water partition coefficient (Wildman–Crippen LogP) is 4.99. The van der Waals surface area contributed by atoms with E-state index >= 15 is 0 Å². The molecule has 0 aromatic rings. The first-order valence-corrected chi connectivity index (χ1v) is 14.1. The lowest BCUT2D eigenvalue weighted by molar-refractivity contribution is -0.349. The Morgan fingerprint density at radius 2 is 0.943 bits per heavy atom. The minimum atomic E-state index is -0.655. The maximum absolute atomic E-state index is 11.0. The van der Waals surface area contributed by atoms with Crippen LogP contribution in [0.3, 0.4) is 0 Å². The predicted molar refractivity (Wildman–Crippen MR) is 135 cm³/mol. The summed E-state index contributed by atoms with van der Waals surface area (Å²) in [6.45, 7) is 19.3. The summed E-state index contributed by atoms with van der Waals surface area (Å²) in [5.41, 5.74) is 0. The maximum atomic E-state index is 11.0. The largest absolute Gasteiger partial charge is 0.388 e. The van der Waals surface area contributed by atoms with Gasteiger partial charge in [-0.05, 0) is 31.1 Å². The Labute approximate surface area is 213 Å². The van der Waals surface area contributed by atoms with E-state index in [9.17, 15) is 5.11 Å². The van der Waals surface area contributed by atoms with Gasteiger partial charge >= 0.3 is 0 Å². The van der Waals surface area contributed by atoms with Crippen molar-refractivity contribution in [2.45, 2.75) is 137 Å². The van der Waals surface area contributed by atoms with Gasteiger partial charge in [0, 0.05) is 30.8 Å². The number of methoxy groups -OCH3 is 1. The van der Waals surface area contributed by atoms with Crippen LogP contribution in [-0.2, 0) is 28.4 Å². The van der Waals surface area contributed by atoms with Crippen LogP contribution >= 0.6 is 0 Å². The number of aliphatic hydroxyl groups is 1. The van der Waals surface area contributed by atoms with Crippen LogP contribution in [0.1, 0.15) is 81.6 Å². The standard InChI is InChI=1S/C28H52O7/c1-11-20-14(4)15(5)23(29)28(33-20)35-25-17(7)22(13-3)32-27(19(25)9)34-24-16(6)21(12-2)31-26(30-10)18(24)8/h14-29H,11-13H2,1-10H3/t14-,15-,16+,17+,18?,19?,20?,21?,22?,23?,24-,25-,26-,27+,28+/m0/s1. The highest BCUT2D eigenvalue weighted by Crippen LogP contribution is 2.41. The second-order valence-corrected chi connectivity index (χ2v) is 11.4. The van der Waals surface area contributed by atoms with Crippen molar-refractivity contribution in [1.29, 1.82) is 0 Å². The zero-order chi connectivity index (χ0) is 26.0. The molecule has 3 aliphatic heterocycles. The molecule has 0 bridgehead atoms. The molecule has 0 amide bonds. The van der Waals surface area contributed by atoms with Crippen molar-refractivity contribution in [2.24, 2.45) is 35.5 Å². The summed E-state index contributed by atoms with van der Waals surface area (Å²) in [7, 11) is 1.69. The highest BCUT2D eigenvalue weighted by molar-refractivity contribution is 4.92. The smallest absolute Gasteiger partial charge is 0.184 e. The monoisotopic (exact) mass is 500 g/mol. The molecular formula is C28H52O7. The van der Waals surface area contributed by atoms with Gasteiger partial charge in [-0.15, -0.1) is 0 Å². The van der Waals surface area contributed by atoms with Crippen LogP contribution in [0, 0.1) is 35.5 Å². The third-order valence-corrected chi connectivity index (χ3v) is 9.29. The van der Waals surface area contributed by atoms with Crippen LogP contribution < -0.4 is 0 Å². The van der Waals surface area contributed by atoms with E-state index in [-0.39, 0.29) is 72.3 Å². The lowest BCUT2D eigenvalue weighted by Crippen LogP contribution is -2.58. The first-order valence-electron chi connectivity index (χ1n) is 14.1. The molecular weight excluding hydrogens is 448 g/mol. The van der Waals surface area contributed by atoms with Crippen molar-refractivity contribution >= 4 is 0 Å². The minimum Gasteiger partial charge on any atom is -0.388 e. The number of ether oxygens (including phenoxy) is 6. The second-order valence-electron chi connectivity index (χ2n) is 11.4. The van der Waals surface area contributed by atoms with E-state index in [1.54, 1.807) is 7.11 Å². The van der Waals surface area contributed by atoms with Crippen molar-refractivity contribution in [2.75, 3.05) is 7.11 Å². The van der Waals surface area contributed by atoms with Crippen molar-refractivity contribution in [3.63, 3.8) is 0 Å². The fourth-order valence-corrected chi connectivity index (χ4v) is 6.55. The molecule has 3 aliphatic rings. The molecule has 3 saturated heterocycles. The molecule has 0 aliphatic carbocycles. The molecule has 6 unspecified atom stereocenters. The van der Waals surface area contributed by atoms with E-state index < -0.39 is 18.7 Å². The molecule has 7 nitrogen and oxygen atoms in total. The summed E-state index contributed by atoms with van der Waals surface area (Å²) in [5.74, 6) is 0.812. The first-order chi connectivity index (χ1) is 16.6. The van der Waals surface area contributed by atoms with E-state index in [0.29, 0.717) is 0 Å². The molecule has 0 radical (unpaired) electrons. The van der Waals surface area contributed by atoms with Gasteiger partial charge in [0.25, 0.3) is 0 Å². The zero-order valence-corrected chi connectivity index (χ0v) is 23.7. The fourth-order valence-electron chi connectivity index (χ4n) is 6.55. The molecule has 0 aromatic heterocycles. The number of aliphatic hydroxyl groups excluding tert-OH is 1. The summed E-state index contributed by atoms with van der Waals surface area (Å²) in [6.07, 6.45) is 0.624. The highest BCUT2D eigenvalue weighted by atomic mass is 16.7. The van der Waals surface area contributed by atoms with Crippen LogP contribution in [-0.4, -0.2) is 67.7 Å². The number of hydrogen-bond donors (Lipinski definition) is 1. The van der Waals surface area contributed by atoms with Crippen LogP contribution in [0.5, 0.6) is 0 Å². The topological polar surface area (TPSA) is 75.6 Å². The second kappa shape index (κ2) is 12.5. The summed E-state index contributed by atoms with van der Waals surface area (Å²) in [5, 5.41) is 11.0. The summed E-state index contributed by atoms with van der Waals surface area (Å²) in [4.78, 5) is 0. The van der Waals surface area contributed by atoms with Gasteiger partial charge in [0.2, 0.25) is 0 Å². The third-order valence-electron chi connectivity index (χ3n) is 9.29. The van der Waals surface area contributed by atoms with E-state index in [1.807, 2.05) is 0 Å². The lowest BCUT2D eigenvalue weighted by atomic mass is 9.81. The van der Waals surface area contributed by atoms with Gasteiger partial charge in [-0.25, -0.2) is 0 Å². The molecule has 3 fully saturated rings. The Bertz CT molecular complexity index is 629. The molecule has 206 valence electrons. The molecule has 0 aromatic carbocycles. The Morgan fingerprint density at radius 3 is 1.43 bits per heavy atom. The van der Waals surface area contributed by atoms with Gasteiger partial charge in [0.05, 0.1) is 30.5 Å². The lowest BCUT2D eigenvalue weighted by Gasteiger charge is -2.50. The van der Waals surface area contributed by atoms with Crippen molar-refractivity contribution < 1.29 is 33.5 Å². The normalized spacial score (nSPS) is 51.3. The molecule has 0 spiro atoms. The van der Waals surface area contributed by atoms with E-state index in [0.717, 1.165) is 19.3 Å². The maximum Gasteiger partial charge on any atom is 0.184 e. The fraction of sp³-hybridized carbons (Fsp3) is 1.00. The average Bonchev–Trinajstić information content (AvgIpc) is 2.85. The minimum absolute atomic E-state index is 0.00546. The molecule has 7 heteroatoms. The van der Waals surface area contributed by atoms with Gasteiger partial charge in [-0.1, -0.05) is 62.3 Å².